The van der Waals surface area contributed by atoms with E-state index in [1.54, 1.807) is 18.2 Å². The van der Waals surface area contributed by atoms with Crippen molar-refractivity contribution in [3.8, 4) is 11.3 Å². The van der Waals surface area contributed by atoms with Crippen LogP contribution >= 0.6 is 23.2 Å². The third-order valence-electron chi connectivity index (χ3n) is 2.26. The summed E-state index contributed by atoms with van der Waals surface area (Å²) < 4.78 is 0. The molecule has 2 rings (SSSR count). The molecule has 6 heteroatoms. The molecule has 3 nitrogen and oxygen atoms in total. The Morgan fingerprint density at radius 2 is 1.76 bits per heavy atom. The molecule has 2 radical (unpaired) electrons. The van der Waals surface area contributed by atoms with Crippen molar-refractivity contribution >= 4 is 60.9 Å². The van der Waals surface area contributed by atoms with Crippen LogP contribution in [0.4, 0.5) is 0 Å². The van der Waals surface area contributed by atoms with E-state index in [-0.39, 0.29) is 43.3 Å². The molecule has 1 N–H and O–H groups in total. The van der Waals surface area contributed by atoms with E-state index in [1.165, 1.54) is 6.07 Å². The van der Waals surface area contributed by atoms with Crippen molar-refractivity contribution in [1.29, 1.82) is 0 Å². The summed E-state index contributed by atoms with van der Waals surface area (Å²) in [7, 11) is 0. The minimum atomic E-state index is -0.243. The van der Waals surface area contributed by atoms with E-state index < -0.39 is 0 Å². The molecule has 0 bridgehead atoms. The maximum atomic E-state index is 10.9. The van der Waals surface area contributed by atoms with Crippen molar-refractivity contribution in [3.63, 3.8) is 0 Å². The van der Waals surface area contributed by atoms with Gasteiger partial charge in [0.15, 0.2) is 0 Å². The first-order chi connectivity index (χ1) is 7.58. The van der Waals surface area contributed by atoms with E-state index in [0.717, 1.165) is 11.1 Å². The van der Waals surface area contributed by atoms with Crippen molar-refractivity contribution in [3.05, 3.63) is 50.2 Å². The van der Waals surface area contributed by atoms with Crippen LogP contribution in [0.5, 0.6) is 0 Å². The van der Waals surface area contributed by atoms with Crippen LogP contribution in [-0.4, -0.2) is 47.9 Å². The van der Waals surface area contributed by atoms with Gasteiger partial charge in [0, 0.05) is 59.4 Å². The second-order valence-electron chi connectivity index (χ2n) is 3.37. The summed E-state index contributed by atoms with van der Waals surface area (Å²) in [5.41, 5.74) is 1.99. The fourth-order valence-corrected chi connectivity index (χ4v) is 1.79. The molecular weight excluding hydrogens is 287 g/mol. The van der Waals surface area contributed by atoms with E-state index in [9.17, 15) is 4.79 Å². The normalized spacial score (nSPS) is 9.82. The number of hydrogen-bond donors (Lipinski definition) is 1. The summed E-state index contributed by atoms with van der Waals surface area (Å²) in [5.74, 6) is 0. The van der Waals surface area contributed by atoms with Gasteiger partial charge in [-0.05, 0) is 30.7 Å². The van der Waals surface area contributed by atoms with E-state index in [0.29, 0.717) is 15.7 Å². The molecule has 0 amide bonds. The Morgan fingerprint density at radius 1 is 1.18 bits per heavy atom. The topological polar surface area (TPSA) is 45.8 Å². The van der Waals surface area contributed by atoms with Crippen LogP contribution in [0.25, 0.3) is 11.3 Å². The first kappa shape index (κ1) is 15.0. The van der Waals surface area contributed by atoms with Crippen molar-refractivity contribution in [2.24, 2.45) is 0 Å². The summed E-state index contributed by atoms with van der Waals surface area (Å²) in [6.45, 7) is 1.84. The van der Waals surface area contributed by atoms with Gasteiger partial charge in [0.25, 0.3) is 5.56 Å². The molecule has 0 aliphatic heterocycles. The average molecular weight is 295 g/mol. The zero-order valence-corrected chi connectivity index (χ0v) is 12.8. The number of benzene rings is 1. The Balaban J connectivity index is 0.00000144. The summed E-state index contributed by atoms with van der Waals surface area (Å²) in [4.78, 5) is 10.9. The Bertz CT molecular complexity index is 555. The number of hydrogen-bond acceptors (Lipinski definition) is 2. The molecular formula is C11H8CaCl2N2O. The summed E-state index contributed by atoms with van der Waals surface area (Å²) in [5, 5.41) is 7.42. The minimum Gasteiger partial charge on any atom is -0.268 e. The van der Waals surface area contributed by atoms with Crippen molar-refractivity contribution in [2.75, 3.05) is 0 Å². The molecule has 0 saturated heterocycles. The third-order valence-corrected chi connectivity index (χ3v) is 3.04. The van der Waals surface area contributed by atoms with Crippen molar-refractivity contribution in [2.45, 2.75) is 6.92 Å². The molecule has 0 spiro atoms. The van der Waals surface area contributed by atoms with Crippen LogP contribution in [0.2, 0.25) is 10.0 Å². The summed E-state index contributed by atoms with van der Waals surface area (Å²) in [6.07, 6.45) is 0. The van der Waals surface area contributed by atoms with Gasteiger partial charge in [0.2, 0.25) is 0 Å². The molecule has 17 heavy (non-hydrogen) atoms. The molecule has 84 valence electrons. The predicted octanol–water partition coefficient (Wildman–Crippen LogP) is 2.67. The molecule has 0 unspecified atom stereocenters. The van der Waals surface area contributed by atoms with Crippen LogP contribution in [0.15, 0.2) is 29.1 Å². The number of aromatic amines is 1. The average Bonchev–Trinajstić information content (AvgIpc) is 2.26. The molecule has 0 saturated carbocycles. The van der Waals surface area contributed by atoms with Gasteiger partial charge < -0.3 is 0 Å². The largest absolute Gasteiger partial charge is 0.268 e. The Labute approximate surface area is 138 Å². The Morgan fingerprint density at radius 3 is 2.24 bits per heavy atom. The first-order valence-electron chi connectivity index (χ1n) is 4.59. The SMILES string of the molecule is Cc1c(Cl)cc(-c2ccc(=O)[nH]n2)cc1Cl.[Ca]. The van der Waals surface area contributed by atoms with Crippen LogP contribution in [0.1, 0.15) is 5.56 Å². The molecule has 1 aromatic heterocycles. The Kier molecular flexibility index (Phi) is 5.48. The summed E-state index contributed by atoms with van der Waals surface area (Å²) in [6, 6.07) is 6.56. The minimum absolute atomic E-state index is 0. The van der Waals surface area contributed by atoms with Crippen LogP contribution in [0.3, 0.4) is 0 Å². The fraction of sp³-hybridized carbons (Fsp3) is 0.0909. The van der Waals surface area contributed by atoms with Gasteiger partial charge in [-0.25, -0.2) is 5.10 Å². The molecule has 0 aliphatic rings. The molecule has 0 aliphatic carbocycles. The van der Waals surface area contributed by atoms with Gasteiger partial charge in [-0.2, -0.15) is 5.10 Å². The molecule has 0 fully saturated rings. The number of H-pyrrole nitrogens is 1. The second kappa shape index (κ2) is 6.21. The molecule has 1 aromatic carbocycles. The molecule has 1 heterocycles. The quantitative estimate of drug-likeness (QED) is 0.822. The van der Waals surface area contributed by atoms with E-state index >= 15 is 0 Å². The zero-order valence-electron chi connectivity index (χ0n) is 9.13. The second-order valence-corrected chi connectivity index (χ2v) is 4.19. The van der Waals surface area contributed by atoms with Gasteiger partial charge in [0.1, 0.15) is 0 Å². The standard InChI is InChI=1S/C11H8Cl2N2O.Ca/c1-6-8(12)4-7(5-9(6)13)10-2-3-11(16)15-14-10;/h2-5H,1H3,(H,15,16);. The van der Waals surface area contributed by atoms with Gasteiger partial charge in [0.05, 0.1) is 5.69 Å². The maximum absolute atomic E-state index is 10.9. The van der Waals surface area contributed by atoms with Gasteiger partial charge in [-0.1, -0.05) is 23.2 Å². The maximum Gasteiger partial charge on any atom is 0.264 e. The summed E-state index contributed by atoms with van der Waals surface area (Å²) >= 11 is 12.0. The van der Waals surface area contributed by atoms with Gasteiger partial charge in [-0.15, -0.1) is 0 Å². The number of aromatic nitrogens is 2. The molecule has 0 atom stereocenters. The first-order valence-corrected chi connectivity index (χ1v) is 5.35. The fourth-order valence-electron chi connectivity index (χ4n) is 1.30. The third kappa shape index (κ3) is 3.46. The zero-order chi connectivity index (χ0) is 11.7. The van der Waals surface area contributed by atoms with Gasteiger partial charge in [-0.3, -0.25) is 4.79 Å². The van der Waals surface area contributed by atoms with Crippen molar-refractivity contribution in [1.82, 2.24) is 10.2 Å². The number of nitrogens with one attached hydrogen (secondary N) is 1. The Hall–Kier alpha value is -0.0603. The van der Waals surface area contributed by atoms with E-state index in [4.69, 9.17) is 23.2 Å². The monoisotopic (exact) mass is 294 g/mol. The smallest absolute Gasteiger partial charge is 0.264 e. The van der Waals surface area contributed by atoms with Crippen LogP contribution in [-0.2, 0) is 0 Å². The molecule has 2 aromatic rings. The number of rotatable bonds is 1. The van der Waals surface area contributed by atoms with Crippen molar-refractivity contribution < 1.29 is 0 Å². The van der Waals surface area contributed by atoms with E-state index in [2.05, 4.69) is 10.2 Å². The van der Waals surface area contributed by atoms with Crippen LogP contribution in [0, 0.1) is 6.92 Å². The van der Waals surface area contributed by atoms with Gasteiger partial charge >= 0.3 is 0 Å². The van der Waals surface area contributed by atoms with Crippen LogP contribution < -0.4 is 5.56 Å². The van der Waals surface area contributed by atoms with E-state index in [1.807, 2.05) is 6.92 Å². The number of halogens is 2. The predicted molar refractivity (Wildman–Crippen MR) is 70.8 cm³/mol. The number of nitrogens with zero attached hydrogens (tertiary/aromatic N) is 1.